The van der Waals surface area contributed by atoms with E-state index in [2.05, 4.69) is 10.4 Å². The summed E-state index contributed by atoms with van der Waals surface area (Å²) in [5.41, 5.74) is 3.35. The highest BCUT2D eigenvalue weighted by Gasteiger charge is 2.35. The van der Waals surface area contributed by atoms with Gasteiger partial charge >= 0.3 is 0 Å². The fourth-order valence-corrected chi connectivity index (χ4v) is 4.74. The van der Waals surface area contributed by atoms with Crippen LogP contribution in [0.5, 0.6) is 0 Å². The molecule has 1 fully saturated rings. The van der Waals surface area contributed by atoms with Crippen molar-refractivity contribution in [3.05, 3.63) is 76.8 Å². The van der Waals surface area contributed by atoms with Crippen LogP contribution in [0, 0.1) is 12.8 Å². The third-order valence-electron chi connectivity index (χ3n) is 5.46. The Labute approximate surface area is 199 Å². The third kappa shape index (κ3) is 4.40. The Morgan fingerprint density at radius 1 is 1.15 bits per heavy atom. The zero-order valence-corrected chi connectivity index (χ0v) is 19.3. The first-order valence-corrected chi connectivity index (χ1v) is 11.7. The zero-order valence-electron chi connectivity index (χ0n) is 17.7. The van der Waals surface area contributed by atoms with Gasteiger partial charge in [0.15, 0.2) is 0 Å². The molecule has 1 aliphatic rings. The molecule has 3 heterocycles. The third-order valence-corrected chi connectivity index (χ3v) is 6.53. The van der Waals surface area contributed by atoms with Crippen LogP contribution in [0.2, 0.25) is 5.02 Å². The lowest BCUT2D eigenvalue weighted by atomic mass is 10.1. The molecule has 0 saturated carbocycles. The predicted octanol–water partition coefficient (Wildman–Crippen LogP) is 4.95. The number of nitrogens with zero attached hydrogens (tertiary/aromatic N) is 4. The number of hydrogen-bond donors (Lipinski definition) is 1. The summed E-state index contributed by atoms with van der Waals surface area (Å²) in [5.74, 6) is -0.243. The Bertz CT molecular complexity index is 1320. The first kappa shape index (κ1) is 21.4. The van der Waals surface area contributed by atoms with Gasteiger partial charge in [-0.15, -0.1) is 11.3 Å². The monoisotopic (exact) mass is 477 g/mol. The molecule has 5 rings (SSSR count). The van der Waals surface area contributed by atoms with Crippen molar-refractivity contribution in [1.29, 1.82) is 0 Å². The number of aryl methyl sites for hydroxylation is 1. The number of carbonyl (C=O) groups is 2. The van der Waals surface area contributed by atoms with Gasteiger partial charge in [-0.25, -0.2) is 4.98 Å². The number of benzene rings is 2. The van der Waals surface area contributed by atoms with E-state index in [1.165, 1.54) is 11.3 Å². The maximum Gasteiger partial charge on any atom is 0.230 e. The first-order chi connectivity index (χ1) is 16.0. The Kier molecular flexibility index (Phi) is 5.70. The second kappa shape index (κ2) is 8.80. The van der Waals surface area contributed by atoms with Gasteiger partial charge in [-0.3, -0.25) is 9.59 Å². The van der Waals surface area contributed by atoms with Gasteiger partial charge in [0.2, 0.25) is 16.9 Å². The van der Waals surface area contributed by atoms with Gasteiger partial charge in [-0.05, 0) is 31.2 Å². The number of rotatable bonds is 5. The molecule has 1 aliphatic heterocycles. The van der Waals surface area contributed by atoms with Crippen molar-refractivity contribution >= 4 is 46.3 Å². The van der Waals surface area contributed by atoms with Gasteiger partial charge < -0.3 is 10.2 Å². The summed E-state index contributed by atoms with van der Waals surface area (Å²) in [6, 6.07) is 18.7. The minimum Gasteiger partial charge on any atom is -0.312 e. The number of carbonyl (C=O) groups excluding carboxylic acids is 2. The maximum absolute atomic E-state index is 13.0. The summed E-state index contributed by atoms with van der Waals surface area (Å²) >= 11 is 7.40. The average molecular weight is 478 g/mol. The SMILES string of the molecule is Cc1cc(NC(=O)C2CC(=O)N(c3ccc(Cl)cc3)C2)n(-c2nc(-c3ccccc3)cs2)n1. The van der Waals surface area contributed by atoms with Crippen LogP contribution in [-0.4, -0.2) is 33.1 Å². The molecular weight excluding hydrogens is 458 g/mol. The maximum atomic E-state index is 13.0. The van der Waals surface area contributed by atoms with E-state index in [1.54, 1.807) is 39.9 Å². The second-order valence-corrected chi connectivity index (χ2v) is 9.11. The Morgan fingerprint density at radius 2 is 1.91 bits per heavy atom. The fourth-order valence-electron chi connectivity index (χ4n) is 3.82. The smallest absolute Gasteiger partial charge is 0.230 e. The highest BCUT2D eigenvalue weighted by Crippen LogP contribution is 2.29. The lowest BCUT2D eigenvalue weighted by Gasteiger charge is -2.16. The van der Waals surface area contributed by atoms with Crippen LogP contribution in [0.3, 0.4) is 0 Å². The minimum atomic E-state index is -0.465. The molecule has 7 nitrogen and oxygen atoms in total. The molecule has 33 heavy (non-hydrogen) atoms. The van der Waals surface area contributed by atoms with E-state index in [1.807, 2.05) is 42.6 Å². The number of nitrogens with one attached hydrogen (secondary N) is 1. The van der Waals surface area contributed by atoms with Gasteiger partial charge in [0, 0.05) is 40.7 Å². The summed E-state index contributed by atoms with van der Waals surface area (Å²) in [6.45, 7) is 2.17. The van der Waals surface area contributed by atoms with Crippen molar-refractivity contribution in [3.8, 4) is 16.4 Å². The topological polar surface area (TPSA) is 80.1 Å². The van der Waals surface area contributed by atoms with Gasteiger partial charge in [0.1, 0.15) is 5.82 Å². The van der Waals surface area contributed by atoms with Crippen LogP contribution in [0.1, 0.15) is 12.1 Å². The largest absolute Gasteiger partial charge is 0.312 e. The molecule has 0 bridgehead atoms. The standard InChI is InChI=1S/C24H20ClN5O2S/c1-15-11-21(30(28-15)24-26-20(14-33-24)16-5-3-2-4-6-16)27-23(32)17-12-22(31)29(13-17)19-9-7-18(25)8-10-19/h2-11,14,17H,12-13H2,1H3,(H,27,32). The van der Waals surface area contributed by atoms with E-state index in [0.29, 0.717) is 22.5 Å². The lowest BCUT2D eigenvalue weighted by Crippen LogP contribution is -2.28. The summed E-state index contributed by atoms with van der Waals surface area (Å²) in [4.78, 5) is 31.9. The molecule has 1 unspecified atom stereocenters. The zero-order chi connectivity index (χ0) is 22.9. The van der Waals surface area contributed by atoms with E-state index < -0.39 is 5.92 Å². The van der Waals surface area contributed by atoms with Crippen LogP contribution in [-0.2, 0) is 9.59 Å². The van der Waals surface area contributed by atoms with Crippen LogP contribution in [0.4, 0.5) is 11.5 Å². The molecule has 0 radical (unpaired) electrons. The number of amides is 2. The number of thiazole rings is 1. The molecule has 1 saturated heterocycles. The highest BCUT2D eigenvalue weighted by atomic mass is 35.5. The van der Waals surface area contributed by atoms with Crippen LogP contribution in [0.15, 0.2) is 66.0 Å². The molecule has 2 aromatic carbocycles. The molecule has 9 heteroatoms. The average Bonchev–Trinajstić information content (AvgIpc) is 3.53. The second-order valence-electron chi connectivity index (χ2n) is 7.84. The molecule has 0 spiro atoms. The minimum absolute atomic E-state index is 0.0883. The van der Waals surface area contributed by atoms with E-state index in [-0.39, 0.29) is 18.2 Å². The van der Waals surface area contributed by atoms with Gasteiger partial charge in [-0.1, -0.05) is 41.9 Å². The summed E-state index contributed by atoms with van der Waals surface area (Å²) < 4.78 is 1.64. The Morgan fingerprint density at radius 3 is 2.67 bits per heavy atom. The lowest BCUT2D eigenvalue weighted by molar-refractivity contribution is -0.122. The van der Waals surface area contributed by atoms with Crippen molar-refractivity contribution in [3.63, 3.8) is 0 Å². The Balaban J connectivity index is 1.33. The van der Waals surface area contributed by atoms with E-state index in [9.17, 15) is 9.59 Å². The van der Waals surface area contributed by atoms with Gasteiger partial charge in [0.05, 0.1) is 17.3 Å². The quantitative estimate of drug-likeness (QED) is 0.441. The molecule has 1 atom stereocenters. The molecule has 4 aromatic rings. The molecule has 2 aromatic heterocycles. The van der Waals surface area contributed by atoms with Crippen molar-refractivity contribution < 1.29 is 9.59 Å². The van der Waals surface area contributed by atoms with Crippen molar-refractivity contribution in [1.82, 2.24) is 14.8 Å². The number of halogens is 1. The molecule has 166 valence electrons. The number of aromatic nitrogens is 3. The van der Waals surface area contributed by atoms with Gasteiger partial charge in [0.25, 0.3) is 0 Å². The number of anilines is 2. The predicted molar refractivity (Wildman–Crippen MR) is 130 cm³/mol. The Hall–Kier alpha value is -3.49. The highest BCUT2D eigenvalue weighted by molar-refractivity contribution is 7.12. The van der Waals surface area contributed by atoms with Crippen LogP contribution in [0.25, 0.3) is 16.4 Å². The summed E-state index contributed by atoms with van der Waals surface area (Å²) in [7, 11) is 0. The van der Waals surface area contributed by atoms with E-state index in [0.717, 1.165) is 22.6 Å². The first-order valence-electron chi connectivity index (χ1n) is 10.4. The summed E-state index contributed by atoms with van der Waals surface area (Å²) in [5, 5.41) is 10.7. The van der Waals surface area contributed by atoms with Crippen molar-refractivity contribution in [2.24, 2.45) is 5.92 Å². The van der Waals surface area contributed by atoms with Crippen molar-refractivity contribution in [2.75, 3.05) is 16.8 Å². The molecular formula is C24H20ClN5O2S. The fraction of sp³-hybridized carbons (Fsp3) is 0.167. The number of hydrogen-bond acceptors (Lipinski definition) is 5. The van der Waals surface area contributed by atoms with Crippen molar-refractivity contribution in [2.45, 2.75) is 13.3 Å². The molecule has 0 aliphatic carbocycles. The molecule has 2 amide bonds. The van der Waals surface area contributed by atoms with Crippen LogP contribution >= 0.6 is 22.9 Å². The molecule has 1 N–H and O–H groups in total. The van der Waals surface area contributed by atoms with Gasteiger partial charge in [-0.2, -0.15) is 9.78 Å². The van der Waals surface area contributed by atoms with E-state index in [4.69, 9.17) is 16.6 Å². The normalized spacial score (nSPS) is 15.8. The van der Waals surface area contributed by atoms with Crippen LogP contribution < -0.4 is 10.2 Å². The van der Waals surface area contributed by atoms with E-state index >= 15 is 0 Å². The summed E-state index contributed by atoms with van der Waals surface area (Å²) in [6.07, 6.45) is 0.150.